The highest BCUT2D eigenvalue weighted by Crippen LogP contribution is 2.40. The summed E-state index contributed by atoms with van der Waals surface area (Å²) in [5.41, 5.74) is 3.63. The summed E-state index contributed by atoms with van der Waals surface area (Å²) in [4.78, 5) is 37.8. The van der Waals surface area contributed by atoms with E-state index in [2.05, 4.69) is 21.1 Å². The molecule has 0 aliphatic heterocycles. The fraction of sp³-hybridized carbons (Fsp3) is 0.421. The summed E-state index contributed by atoms with van der Waals surface area (Å²) in [6.45, 7) is 10.8. The molecule has 0 atom stereocenters. The van der Waals surface area contributed by atoms with Gasteiger partial charge in [0.1, 0.15) is 34.2 Å². The number of nitrogens with zero attached hydrogens (tertiary/aromatic N) is 1. The third-order valence-electron chi connectivity index (χ3n) is 7.84. The van der Waals surface area contributed by atoms with Crippen LogP contribution in [0.4, 0.5) is 22.8 Å². The van der Waals surface area contributed by atoms with Crippen molar-refractivity contribution in [1.82, 2.24) is 16.0 Å². The highest BCUT2D eigenvalue weighted by atomic mass is 19.4. The molecule has 0 unspecified atom stereocenters. The number of rotatable bonds is 10. The maximum absolute atomic E-state index is 14.1. The number of hydrogen-bond acceptors (Lipinski definition) is 9. The first-order valence-corrected chi connectivity index (χ1v) is 17.2. The Morgan fingerprint density at radius 2 is 1.30 bits per heavy atom. The van der Waals surface area contributed by atoms with E-state index >= 15 is 0 Å². The number of alkyl carbamates (subject to hydrolysis) is 2. The second-order valence-electron chi connectivity index (χ2n) is 14.8. The molecule has 13 nitrogen and oxygen atoms in total. The summed E-state index contributed by atoms with van der Waals surface area (Å²) in [6, 6.07) is 13.2. The molecule has 3 amide bonds. The summed E-state index contributed by atoms with van der Waals surface area (Å²) in [5.74, 6) is -1.36. The number of hydrogen-bond donors (Lipinski definition) is 5. The Bertz CT molecular complexity index is 1830. The van der Waals surface area contributed by atoms with Crippen LogP contribution in [0.5, 0.6) is 23.0 Å². The molecule has 3 aromatic carbocycles. The molecule has 0 spiro atoms. The van der Waals surface area contributed by atoms with Crippen LogP contribution in [0.1, 0.15) is 94.3 Å². The Hall–Kier alpha value is -5.67. The monoisotopic (exact) mass is 757 g/mol. The number of benzene rings is 3. The van der Waals surface area contributed by atoms with E-state index in [9.17, 15) is 27.6 Å². The highest BCUT2D eigenvalue weighted by molar-refractivity contribution is 5.97. The van der Waals surface area contributed by atoms with Gasteiger partial charge in [0.25, 0.3) is 5.91 Å². The van der Waals surface area contributed by atoms with E-state index in [1.54, 1.807) is 65.8 Å². The molecular formula is C38H46F3N5O8. The van der Waals surface area contributed by atoms with Crippen molar-refractivity contribution < 1.29 is 51.7 Å². The predicted molar refractivity (Wildman–Crippen MR) is 193 cm³/mol. The standard InChI is InChI=1S/C38H46F3N5O8/c1-36(2,3)53-34(48)43-21-22-7-14-27(15-8-22)51-28-17-24(33(47)44-25-10-12-26(13-11-25)45-35(49)54-37(4,5)6)18-29(20-28)52-31-16-9-23(32(42)46-50)19-30(31)38(39,40)41/h7-9,14-20,25-26,50H,10-13,21H2,1-6H3,(H2,42,46)(H,43,48)(H,44,47)(H,45,49). The number of halogens is 3. The minimum Gasteiger partial charge on any atom is -0.457 e. The average Bonchev–Trinajstić information content (AvgIpc) is 3.06. The van der Waals surface area contributed by atoms with E-state index in [-0.39, 0.29) is 41.3 Å². The minimum absolute atomic E-state index is 0.0523. The van der Waals surface area contributed by atoms with Crippen LogP contribution in [0.3, 0.4) is 0 Å². The van der Waals surface area contributed by atoms with Crippen molar-refractivity contribution >= 4 is 23.9 Å². The molecule has 1 fully saturated rings. The van der Waals surface area contributed by atoms with Crippen LogP contribution in [-0.4, -0.2) is 52.4 Å². The zero-order chi connectivity index (χ0) is 39.8. The molecule has 54 heavy (non-hydrogen) atoms. The van der Waals surface area contributed by atoms with Gasteiger partial charge < -0.3 is 45.8 Å². The minimum atomic E-state index is -4.88. The molecule has 1 aliphatic rings. The maximum atomic E-state index is 14.1. The number of ether oxygens (including phenoxy) is 4. The van der Waals surface area contributed by atoms with Gasteiger partial charge in [-0.2, -0.15) is 13.2 Å². The van der Waals surface area contributed by atoms with Gasteiger partial charge in [-0.25, -0.2) is 9.59 Å². The van der Waals surface area contributed by atoms with Crippen LogP contribution in [-0.2, 0) is 22.2 Å². The third kappa shape index (κ3) is 12.8. The van der Waals surface area contributed by atoms with E-state index in [1.165, 1.54) is 24.3 Å². The maximum Gasteiger partial charge on any atom is 0.420 e. The largest absolute Gasteiger partial charge is 0.457 e. The highest BCUT2D eigenvalue weighted by Gasteiger charge is 2.35. The van der Waals surface area contributed by atoms with Crippen molar-refractivity contribution in [2.24, 2.45) is 10.9 Å². The molecule has 292 valence electrons. The van der Waals surface area contributed by atoms with E-state index in [4.69, 9.17) is 29.9 Å². The molecule has 0 radical (unpaired) electrons. The van der Waals surface area contributed by atoms with Gasteiger partial charge in [-0.3, -0.25) is 4.79 Å². The molecule has 16 heteroatoms. The lowest BCUT2D eigenvalue weighted by atomic mass is 9.91. The summed E-state index contributed by atoms with van der Waals surface area (Å²) in [6.07, 6.45) is -3.68. The number of amides is 3. The zero-order valence-electron chi connectivity index (χ0n) is 30.9. The molecule has 0 saturated heterocycles. The summed E-state index contributed by atoms with van der Waals surface area (Å²) in [5, 5.41) is 20.2. The van der Waals surface area contributed by atoms with Gasteiger partial charge in [0.2, 0.25) is 0 Å². The molecular weight excluding hydrogens is 711 g/mol. The number of nitrogens with one attached hydrogen (secondary N) is 3. The predicted octanol–water partition coefficient (Wildman–Crippen LogP) is 7.97. The number of amidine groups is 1. The normalized spacial score (nSPS) is 16.5. The van der Waals surface area contributed by atoms with Crippen molar-refractivity contribution in [3.63, 3.8) is 0 Å². The van der Waals surface area contributed by atoms with Crippen molar-refractivity contribution in [1.29, 1.82) is 0 Å². The summed E-state index contributed by atoms with van der Waals surface area (Å²) >= 11 is 0. The molecule has 0 heterocycles. The van der Waals surface area contributed by atoms with E-state index in [1.807, 2.05) is 0 Å². The summed E-state index contributed by atoms with van der Waals surface area (Å²) < 4.78 is 64.8. The topological polar surface area (TPSA) is 183 Å². The lowest BCUT2D eigenvalue weighted by Gasteiger charge is -2.30. The van der Waals surface area contributed by atoms with Gasteiger partial charge in [-0.1, -0.05) is 17.3 Å². The lowest BCUT2D eigenvalue weighted by molar-refractivity contribution is -0.138. The molecule has 3 aromatic rings. The van der Waals surface area contributed by atoms with Crippen molar-refractivity contribution in [2.75, 3.05) is 0 Å². The second-order valence-corrected chi connectivity index (χ2v) is 14.8. The number of carbonyl (C=O) groups is 3. The zero-order valence-corrected chi connectivity index (χ0v) is 30.9. The Labute approximate surface area is 311 Å². The van der Waals surface area contributed by atoms with Crippen LogP contribution in [0.25, 0.3) is 0 Å². The quantitative estimate of drug-likeness (QED) is 0.0593. The van der Waals surface area contributed by atoms with E-state index in [0.29, 0.717) is 37.5 Å². The van der Waals surface area contributed by atoms with Crippen molar-refractivity contribution in [3.8, 4) is 23.0 Å². The van der Waals surface area contributed by atoms with Crippen LogP contribution in [0, 0.1) is 0 Å². The smallest absolute Gasteiger partial charge is 0.420 e. The first kappa shape index (κ1) is 41.1. The Balaban J connectivity index is 1.55. The van der Waals surface area contributed by atoms with Gasteiger partial charge in [-0.15, -0.1) is 0 Å². The van der Waals surface area contributed by atoms with Gasteiger partial charge in [0.15, 0.2) is 5.84 Å². The van der Waals surface area contributed by atoms with Crippen LogP contribution in [0.2, 0.25) is 0 Å². The van der Waals surface area contributed by atoms with Crippen LogP contribution in [0.15, 0.2) is 65.8 Å². The van der Waals surface area contributed by atoms with Gasteiger partial charge in [0, 0.05) is 35.8 Å². The summed E-state index contributed by atoms with van der Waals surface area (Å²) in [7, 11) is 0. The van der Waals surface area contributed by atoms with Crippen LogP contribution >= 0.6 is 0 Å². The van der Waals surface area contributed by atoms with Gasteiger partial charge in [-0.05, 0) is 115 Å². The number of oxime groups is 1. The van der Waals surface area contributed by atoms with Gasteiger partial charge >= 0.3 is 18.4 Å². The first-order valence-electron chi connectivity index (χ1n) is 17.2. The third-order valence-corrected chi connectivity index (χ3v) is 7.84. The SMILES string of the molecule is CC(C)(C)OC(=O)NCc1ccc(Oc2cc(Oc3ccc(C(N)=NO)cc3C(F)(F)F)cc(C(=O)NC3CCC(NC(=O)OC(C)(C)C)CC3)c2)cc1. The van der Waals surface area contributed by atoms with Gasteiger partial charge in [0.05, 0.1) is 5.56 Å². The van der Waals surface area contributed by atoms with Crippen LogP contribution < -0.4 is 31.2 Å². The number of carbonyl (C=O) groups excluding carboxylic acids is 3. The molecule has 1 aliphatic carbocycles. The van der Waals surface area contributed by atoms with E-state index < -0.39 is 52.6 Å². The Morgan fingerprint density at radius 1 is 0.741 bits per heavy atom. The molecule has 0 bridgehead atoms. The lowest BCUT2D eigenvalue weighted by Crippen LogP contribution is -2.45. The molecule has 4 rings (SSSR count). The molecule has 0 aromatic heterocycles. The molecule has 6 N–H and O–H groups in total. The second kappa shape index (κ2) is 17.0. The van der Waals surface area contributed by atoms with Crippen molar-refractivity contribution in [2.45, 2.75) is 103 Å². The fourth-order valence-corrected chi connectivity index (χ4v) is 5.43. The average molecular weight is 758 g/mol. The number of nitrogens with two attached hydrogens (primary N) is 1. The fourth-order valence-electron chi connectivity index (χ4n) is 5.43. The first-order chi connectivity index (χ1) is 25.2. The molecule has 1 saturated carbocycles. The Morgan fingerprint density at radius 3 is 1.85 bits per heavy atom. The number of alkyl halides is 3. The Kier molecular flexibility index (Phi) is 12.9. The van der Waals surface area contributed by atoms with E-state index in [0.717, 1.165) is 11.6 Å². The van der Waals surface area contributed by atoms with Crippen molar-refractivity contribution in [3.05, 3.63) is 82.9 Å².